The quantitative estimate of drug-likeness (QED) is 0.214. The number of amides is 1. The Kier molecular flexibility index (Phi) is 6.80. The lowest BCUT2D eigenvalue weighted by atomic mass is 9.78. The van der Waals surface area contributed by atoms with Gasteiger partial charge in [-0.2, -0.15) is 0 Å². The van der Waals surface area contributed by atoms with Gasteiger partial charge < -0.3 is 10.0 Å². The highest BCUT2D eigenvalue weighted by atomic mass is 19.2. The molecule has 188 valence electrons. The normalized spacial score (nSPS) is 18.0. The van der Waals surface area contributed by atoms with E-state index in [2.05, 4.69) is 0 Å². The van der Waals surface area contributed by atoms with Crippen LogP contribution in [0.2, 0.25) is 0 Å². The Morgan fingerprint density at radius 1 is 0.784 bits per heavy atom. The molecule has 4 aromatic rings. The fraction of sp³-hybridized carbons (Fsp3) is 0.167. The van der Waals surface area contributed by atoms with E-state index >= 15 is 0 Å². The number of carbonyl (C=O) groups excluding carboxylic acids is 1. The van der Waals surface area contributed by atoms with Crippen molar-refractivity contribution in [2.75, 3.05) is 4.90 Å². The molecular weight excluding hydrogens is 482 g/mol. The number of hydrogen-bond donors (Lipinski definition) is 1. The van der Waals surface area contributed by atoms with Crippen molar-refractivity contribution in [2.45, 2.75) is 25.0 Å². The second kappa shape index (κ2) is 10.2. The first-order valence-corrected chi connectivity index (χ1v) is 11.9. The third-order valence-corrected chi connectivity index (χ3v) is 6.84. The van der Waals surface area contributed by atoms with Crippen molar-refractivity contribution in [3.05, 3.63) is 125 Å². The lowest BCUT2D eigenvalue weighted by Gasteiger charge is -2.48. The van der Waals surface area contributed by atoms with Crippen molar-refractivity contribution in [2.24, 2.45) is 5.92 Å². The van der Waals surface area contributed by atoms with Gasteiger partial charge in [-0.1, -0.05) is 48.5 Å². The van der Waals surface area contributed by atoms with E-state index in [1.807, 2.05) is 0 Å². The van der Waals surface area contributed by atoms with Crippen LogP contribution in [0, 0.1) is 29.2 Å². The molecule has 1 aliphatic rings. The Morgan fingerprint density at radius 3 is 2.05 bits per heavy atom. The van der Waals surface area contributed by atoms with Gasteiger partial charge in [0.25, 0.3) is 0 Å². The molecule has 1 aliphatic heterocycles. The third-order valence-electron chi connectivity index (χ3n) is 6.84. The molecule has 1 unspecified atom stereocenters. The maximum atomic E-state index is 14.3. The summed E-state index contributed by atoms with van der Waals surface area (Å²) in [4.78, 5) is 14.8. The van der Waals surface area contributed by atoms with E-state index in [-0.39, 0.29) is 17.9 Å². The van der Waals surface area contributed by atoms with Crippen LogP contribution < -0.4 is 4.90 Å². The molecule has 1 fully saturated rings. The summed E-state index contributed by atoms with van der Waals surface area (Å²) in [7, 11) is 0. The Bertz CT molecular complexity index is 1410. The molecule has 0 bridgehead atoms. The van der Waals surface area contributed by atoms with Gasteiger partial charge >= 0.3 is 0 Å². The van der Waals surface area contributed by atoms with Gasteiger partial charge in [0.15, 0.2) is 11.6 Å². The van der Waals surface area contributed by atoms with Crippen molar-refractivity contribution in [1.82, 2.24) is 0 Å². The minimum Gasteiger partial charge on any atom is -0.388 e. The summed E-state index contributed by atoms with van der Waals surface area (Å²) < 4.78 is 54.7. The van der Waals surface area contributed by atoms with Gasteiger partial charge in [0.05, 0.1) is 18.1 Å². The number of halogens is 4. The SMILES string of the molecule is O=C1C(CC[C@H](O)c2ccc(F)cc2)[C@@H](c2ccc(-c3cccc(F)c3F)cc2)N1c1ccc(F)cc1. The molecule has 5 rings (SSSR count). The van der Waals surface area contributed by atoms with Gasteiger partial charge in [0, 0.05) is 11.3 Å². The smallest absolute Gasteiger partial charge is 0.233 e. The maximum absolute atomic E-state index is 14.3. The van der Waals surface area contributed by atoms with Crippen LogP contribution in [0.1, 0.15) is 36.1 Å². The molecule has 0 radical (unpaired) electrons. The molecule has 3 nitrogen and oxygen atoms in total. The Labute approximate surface area is 211 Å². The Balaban J connectivity index is 1.41. The number of rotatable bonds is 7. The molecule has 0 saturated carbocycles. The zero-order valence-corrected chi connectivity index (χ0v) is 19.6. The van der Waals surface area contributed by atoms with Gasteiger partial charge in [-0.3, -0.25) is 4.79 Å². The summed E-state index contributed by atoms with van der Waals surface area (Å²) in [6.45, 7) is 0. The van der Waals surface area contributed by atoms with E-state index in [4.69, 9.17) is 0 Å². The highest BCUT2D eigenvalue weighted by Crippen LogP contribution is 2.46. The van der Waals surface area contributed by atoms with Crippen LogP contribution in [0.25, 0.3) is 11.1 Å². The van der Waals surface area contributed by atoms with E-state index in [1.165, 1.54) is 60.7 Å². The van der Waals surface area contributed by atoms with Gasteiger partial charge in [0.1, 0.15) is 11.6 Å². The summed E-state index contributed by atoms with van der Waals surface area (Å²) in [5.74, 6) is -3.32. The van der Waals surface area contributed by atoms with Crippen molar-refractivity contribution < 1.29 is 27.5 Å². The summed E-state index contributed by atoms with van der Waals surface area (Å²) in [5.41, 5.74) is 2.48. The fourth-order valence-corrected chi connectivity index (χ4v) is 4.88. The van der Waals surface area contributed by atoms with Gasteiger partial charge in [-0.05, 0) is 72.0 Å². The van der Waals surface area contributed by atoms with Crippen molar-refractivity contribution in [3.63, 3.8) is 0 Å². The number of aliphatic hydroxyl groups excluding tert-OH is 1. The number of hydrogen-bond acceptors (Lipinski definition) is 2. The van der Waals surface area contributed by atoms with E-state index < -0.39 is 41.3 Å². The minimum atomic E-state index is -0.937. The summed E-state index contributed by atoms with van der Waals surface area (Å²) >= 11 is 0. The van der Waals surface area contributed by atoms with Crippen LogP contribution in [0.15, 0.2) is 91.0 Å². The minimum absolute atomic E-state index is 0.130. The number of benzene rings is 4. The van der Waals surface area contributed by atoms with E-state index in [0.29, 0.717) is 23.2 Å². The molecule has 7 heteroatoms. The Hall–Kier alpha value is -3.97. The molecule has 3 atom stereocenters. The lowest BCUT2D eigenvalue weighted by molar-refractivity contribution is -0.131. The monoisotopic (exact) mass is 505 g/mol. The lowest BCUT2D eigenvalue weighted by Crippen LogP contribution is -2.55. The second-order valence-corrected chi connectivity index (χ2v) is 9.10. The molecule has 37 heavy (non-hydrogen) atoms. The number of anilines is 1. The average molecular weight is 506 g/mol. The number of β-lactam (4-membered cyclic amide) rings is 1. The van der Waals surface area contributed by atoms with E-state index in [9.17, 15) is 27.5 Å². The van der Waals surface area contributed by atoms with Crippen LogP contribution in [0.3, 0.4) is 0 Å². The van der Waals surface area contributed by atoms with Crippen molar-refractivity contribution in [1.29, 1.82) is 0 Å². The van der Waals surface area contributed by atoms with Crippen LogP contribution in [-0.4, -0.2) is 11.0 Å². The molecule has 0 aliphatic carbocycles. The largest absolute Gasteiger partial charge is 0.388 e. The first kappa shape index (κ1) is 24.7. The van der Waals surface area contributed by atoms with Crippen LogP contribution in [-0.2, 0) is 4.79 Å². The fourth-order valence-electron chi connectivity index (χ4n) is 4.88. The summed E-state index contributed by atoms with van der Waals surface area (Å²) in [5, 5.41) is 10.6. The topological polar surface area (TPSA) is 40.5 Å². The molecule has 0 aromatic heterocycles. The summed E-state index contributed by atoms with van der Waals surface area (Å²) in [6.07, 6.45) is -0.227. The standard InChI is InChI=1S/C30H23F4NO2/c31-21-10-8-19(9-11-21)27(36)17-16-25-29(35(30(25)37)23-14-12-22(32)13-15-23)20-6-4-18(5-7-20)24-2-1-3-26(33)28(24)34/h1-15,25,27,29,36H,16-17H2/t25?,27-,29+/m0/s1. The van der Waals surface area contributed by atoms with Crippen LogP contribution >= 0.6 is 0 Å². The third kappa shape index (κ3) is 4.87. The van der Waals surface area contributed by atoms with E-state index in [0.717, 1.165) is 11.6 Å². The van der Waals surface area contributed by atoms with Gasteiger partial charge in [-0.15, -0.1) is 0 Å². The highest BCUT2D eigenvalue weighted by Gasteiger charge is 2.48. The molecule has 1 amide bonds. The predicted molar refractivity (Wildman–Crippen MR) is 133 cm³/mol. The highest BCUT2D eigenvalue weighted by molar-refractivity contribution is 6.03. The molecule has 1 N–H and O–H groups in total. The molecule has 0 spiro atoms. The van der Waals surface area contributed by atoms with Crippen LogP contribution in [0.5, 0.6) is 0 Å². The van der Waals surface area contributed by atoms with Crippen molar-refractivity contribution >= 4 is 11.6 Å². The van der Waals surface area contributed by atoms with Gasteiger partial charge in [0.2, 0.25) is 5.91 Å². The number of aliphatic hydroxyl groups is 1. The molecule has 1 heterocycles. The summed E-state index contributed by atoms with van der Waals surface area (Å²) in [6, 6.07) is 21.6. The number of nitrogens with zero attached hydrogens (tertiary/aromatic N) is 1. The molecule has 4 aromatic carbocycles. The average Bonchev–Trinajstić information content (AvgIpc) is 2.90. The van der Waals surface area contributed by atoms with Crippen molar-refractivity contribution in [3.8, 4) is 11.1 Å². The Morgan fingerprint density at radius 2 is 1.41 bits per heavy atom. The zero-order valence-electron chi connectivity index (χ0n) is 19.6. The molecular formula is C30H23F4NO2. The second-order valence-electron chi connectivity index (χ2n) is 9.10. The van der Waals surface area contributed by atoms with Crippen LogP contribution in [0.4, 0.5) is 23.2 Å². The molecule has 1 saturated heterocycles. The number of carbonyl (C=O) groups is 1. The first-order chi connectivity index (χ1) is 17.8. The van der Waals surface area contributed by atoms with Gasteiger partial charge in [-0.25, -0.2) is 17.6 Å². The zero-order chi connectivity index (χ0) is 26.1. The van der Waals surface area contributed by atoms with E-state index in [1.54, 1.807) is 29.2 Å². The predicted octanol–water partition coefficient (Wildman–Crippen LogP) is 7.13. The first-order valence-electron chi connectivity index (χ1n) is 11.9. The maximum Gasteiger partial charge on any atom is 0.233 e.